The van der Waals surface area contributed by atoms with Gasteiger partial charge in [-0.05, 0) is 36.1 Å². The van der Waals surface area contributed by atoms with Crippen LogP contribution in [0.1, 0.15) is 36.8 Å². The number of hydrogen-bond donors (Lipinski definition) is 1. The Balaban J connectivity index is 1.89. The summed E-state index contributed by atoms with van der Waals surface area (Å²) in [5.41, 5.74) is 1.77. The first kappa shape index (κ1) is 15.6. The number of carboxylic acids is 1. The van der Waals surface area contributed by atoms with Crippen molar-refractivity contribution in [3.05, 3.63) is 35.4 Å². The first-order valence-electron chi connectivity index (χ1n) is 7.34. The molecule has 1 fully saturated rings. The summed E-state index contributed by atoms with van der Waals surface area (Å²) in [7, 11) is 1.57. The summed E-state index contributed by atoms with van der Waals surface area (Å²) in [6.45, 7) is 1.33. The molecule has 21 heavy (non-hydrogen) atoms. The van der Waals surface area contributed by atoms with E-state index in [0.717, 1.165) is 36.1 Å². The van der Waals surface area contributed by atoms with Gasteiger partial charge in [0.2, 0.25) is 0 Å². The second kappa shape index (κ2) is 7.84. The number of rotatable bonds is 8. The van der Waals surface area contributed by atoms with Gasteiger partial charge in [-0.15, -0.1) is 0 Å². The molecule has 114 valence electrons. The molecule has 0 aromatic heterocycles. The van der Waals surface area contributed by atoms with E-state index in [1.54, 1.807) is 13.2 Å². The first-order valence-corrected chi connectivity index (χ1v) is 7.34. The molecule has 1 saturated carbocycles. The second-order valence-electron chi connectivity index (χ2n) is 5.39. The van der Waals surface area contributed by atoms with Gasteiger partial charge in [-0.2, -0.15) is 0 Å². The van der Waals surface area contributed by atoms with Gasteiger partial charge in [-0.1, -0.05) is 25.3 Å². The summed E-state index contributed by atoms with van der Waals surface area (Å²) in [6.07, 6.45) is 7.84. The lowest BCUT2D eigenvalue weighted by atomic mass is 9.83. The van der Waals surface area contributed by atoms with Gasteiger partial charge in [0.25, 0.3) is 0 Å². The fourth-order valence-electron chi connectivity index (χ4n) is 2.39. The predicted octanol–water partition coefficient (Wildman–Crippen LogP) is 3.50. The summed E-state index contributed by atoms with van der Waals surface area (Å²) in [6, 6.07) is 5.69. The van der Waals surface area contributed by atoms with Gasteiger partial charge in [0, 0.05) is 18.2 Å². The molecule has 1 aliphatic carbocycles. The minimum absolute atomic E-state index is 0.546. The van der Waals surface area contributed by atoms with Crippen molar-refractivity contribution in [2.75, 3.05) is 13.7 Å². The van der Waals surface area contributed by atoms with E-state index in [1.165, 1.54) is 19.3 Å². The highest BCUT2D eigenvalue weighted by molar-refractivity contribution is 5.85. The van der Waals surface area contributed by atoms with Gasteiger partial charge in [-0.25, -0.2) is 4.79 Å². The maximum atomic E-state index is 10.6. The van der Waals surface area contributed by atoms with Crippen molar-refractivity contribution < 1.29 is 19.4 Å². The molecule has 1 aliphatic rings. The highest BCUT2D eigenvalue weighted by atomic mass is 16.5. The van der Waals surface area contributed by atoms with Gasteiger partial charge in [-0.3, -0.25) is 0 Å². The zero-order valence-corrected chi connectivity index (χ0v) is 12.4. The summed E-state index contributed by atoms with van der Waals surface area (Å²) in [5, 5.41) is 8.71. The highest BCUT2D eigenvalue weighted by Gasteiger charge is 2.16. The molecule has 4 nitrogen and oxygen atoms in total. The third kappa shape index (κ3) is 4.90. The molecule has 0 spiro atoms. The second-order valence-corrected chi connectivity index (χ2v) is 5.39. The molecular formula is C17H22O4. The van der Waals surface area contributed by atoms with Crippen LogP contribution in [-0.2, 0) is 16.1 Å². The number of benzene rings is 1. The molecule has 0 bridgehead atoms. The number of carbonyl (C=O) groups is 1. The van der Waals surface area contributed by atoms with Crippen molar-refractivity contribution in [3.8, 4) is 5.75 Å². The van der Waals surface area contributed by atoms with E-state index in [4.69, 9.17) is 14.6 Å². The average molecular weight is 290 g/mol. The molecule has 0 atom stereocenters. The Labute approximate surface area is 125 Å². The normalized spacial score (nSPS) is 15.1. The SMILES string of the molecule is COc1ccc(COCCC2CCC2)cc1/C=C/C(=O)O. The summed E-state index contributed by atoms with van der Waals surface area (Å²) < 4.78 is 10.9. The van der Waals surface area contributed by atoms with Crippen molar-refractivity contribution >= 4 is 12.0 Å². The number of carboxylic acid groups (broad SMARTS) is 1. The van der Waals surface area contributed by atoms with Crippen molar-refractivity contribution in [1.82, 2.24) is 0 Å². The van der Waals surface area contributed by atoms with Crippen LogP contribution in [0.4, 0.5) is 0 Å². The van der Waals surface area contributed by atoms with Crippen LogP contribution in [-0.4, -0.2) is 24.8 Å². The van der Waals surface area contributed by atoms with Crippen LogP contribution in [0.5, 0.6) is 5.75 Å². The van der Waals surface area contributed by atoms with Gasteiger partial charge >= 0.3 is 5.97 Å². The van der Waals surface area contributed by atoms with E-state index in [9.17, 15) is 4.79 Å². The largest absolute Gasteiger partial charge is 0.496 e. The monoisotopic (exact) mass is 290 g/mol. The van der Waals surface area contributed by atoms with Crippen molar-refractivity contribution in [3.63, 3.8) is 0 Å². The molecule has 0 heterocycles. The Hall–Kier alpha value is -1.81. The van der Waals surface area contributed by atoms with Crippen molar-refractivity contribution in [2.24, 2.45) is 5.92 Å². The van der Waals surface area contributed by atoms with Crippen LogP contribution < -0.4 is 4.74 Å². The Morgan fingerprint density at radius 1 is 1.43 bits per heavy atom. The third-order valence-electron chi connectivity index (χ3n) is 3.86. The van der Waals surface area contributed by atoms with E-state index in [1.807, 2.05) is 18.2 Å². The Bertz CT molecular complexity index is 504. The molecule has 4 heteroatoms. The molecule has 1 aromatic carbocycles. The molecule has 0 unspecified atom stereocenters. The molecule has 1 aromatic rings. The fraction of sp³-hybridized carbons (Fsp3) is 0.471. The lowest BCUT2D eigenvalue weighted by Crippen LogP contribution is -2.13. The lowest BCUT2D eigenvalue weighted by molar-refractivity contribution is -0.131. The van der Waals surface area contributed by atoms with E-state index >= 15 is 0 Å². The molecule has 0 aliphatic heterocycles. The van der Waals surface area contributed by atoms with Crippen LogP contribution in [0.25, 0.3) is 6.08 Å². The third-order valence-corrected chi connectivity index (χ3v) is 3.86. The molecule has 0 radical (unpaired) electrons. The van der Waals surface area contributed by atoms with Crippen LogP contribution in [0.3, 0.4) is 0 Å². The molecular weight excluding hydrogens is 268 g/mol. The minimum Gasteiger partial charge on any atom is -0.496 e. The van der Waals surface area contributed by atoms with Gasteiger partial charge in [0.1, 0.15) is 5.75 Å². The zero-order valence-electron chi connectivity index (χ0n) is 12.4. The standard InChI is InChI=1S/C17H22O4/c1-20-16-7-5-14(11-15(16)6-8-17(18)19)12-21-10-9-13-3-2-4-13/h5-8,11,13H,2-4,9-10,12H2,1H3,(H,18,19)/b8-6+. The van der Waals surface area contributed by atoms with Crippen LogP contribution in [0.2, 0.25) is 0 Å². The first-order chi connectivity index (χ1) is 10.2. The summed E-state index contributed by atoms with van der Waals surface area (Å²) >= 11 is 0. The van der Waals surface area contributed by atoms with Crippen molar-refractivity contribution in [1.29, 1.82) is 0 Å². The van der Waals surface area contributed by atoms with E-state index in [-0.39, 0.29) is 0 Å². The predicted molar refractivity (Wildman–Crippen MR) is 81.3 cm³/mol. The average Bonchev–Trinajstić information content (AvgIpc) is 2.43. The number of aliphatic carboxylic acids is 1. The number of hydrogen-bond acceptors (Lipinski definition) is 3. The maximum Gasteiger partial charge on any atom is 0.328 e. The number of ether oxygens (including phenoxy) is 2. The smallest absolute Gasteiger partial charge is 0.328 e. The van der Waals surface area contributed by atoms with Crippen LogP contribution in [0, 0.1) is 5.92 Å². The number of methoxy groups -OCH3 is 1. The Morgan fingerprint density at radius 3 is 2.86 bits per heavy atom. The van der Waals surface area contributed by atoms with Gasteiger partial charge in [0.15, 0.2) is 0 Å². The minimum atomic E-state index is -0.973. The van der Waals surface area contributed by atoms with Crippen molar-refractivity contribution in [2.45, 2.75) is 32.3 Å². The summed E-state index contributed by atoms with van der Waals surface area (Å²) in [5.74, 6) is 0.542. The van der Waals surface area contributed by atoms with E-state index in [0.29, 0.717) is 12.4 Å². The molecule has 0 amide bonds. The molecule has 1 N–H and O–H groups in total. The Morgan fingerprint density at radius 2 is 2.24 bits per heavy atom. The van der Waals surface area contributed by atoms with E-state index in [2.05, 4.69) is 0 Å². The fourth-order valence-corrected chi connectivity index (χ4v) is 2.39. The zero-order chi connectivity index (χ0) is 15.1. The highest BCUT2D eigenvalue weighted by Crippen LogP contribution is 2.29. The van der Waals surface area contributed by atoms with E-state index < -0.39 is 5.97 Å². The quantitative estimate of drug-likeness (QED) is 0.588. The van der Waals surface area contributed by atoms with Crippen LogP contribution in [0.15, 0.2) is 24.3 Å². The Kier molecular flexibility index (Phi) is 5.81. The van der Waals surface area contributed by atoms with Gasteiger partial charge in [0.05, 0.1) is 13.7 Å². The molecule has 0 saturated heterocycles. The summed E-state index contributed by atoms with van der Waals surface area (Å²) in [4.78, 5) is 10.6. The molecule has 2 rings (SSSR count). The lowest BCUT2D eigenvalue weighted by Gasteiger charge is -2.24. The maximum absolute atomic E-state index is 10.6. The topological polar surface area (TPSA) is 55.8 Å². The van der Waals surface area contributed by atoms with Crippen LogP contribution >= 0.6 is 0 Å². The van der Waals surface area contributed by atoms with Gasteiger partial charge < -0.3 is 14.6 Å².